The molecule has 0 radical (unpaired) electrons. The van der Waals surface area contributed by atoms with Crippen LogP contribution in [0.5, 0.6) is 0 Å². The van der Waals surface area contributed by atoms with E-state index in [1.54, 1.807) is 6.92 Å². The topological polar surface area (TPSA) is 94.3 Å². The fourth-order valence-corrected chi connectivity index (χ4v) is 3.94. The van der Waals surface area contributed by atoms with Gasteiger partial charge in [0.25, 0.3) is 5.89 Å². The number of hydrogen-bond donors (Lipinski definition) is 1. The number of anilines is 1. The lowest BCUT2D eigenvalue weighted by Crippen LogP contribution is -2.16. The lowest BCUT2D eigenvalue weighted by atomic mass is 10.1. The molecule has 7 nitrogen and oxygen atoms in total. The average Bonchev–Trinajstić information content (AvgIpc) is 3.37. The Morgan fingerprint density at radius 2 is 1.93 bits per heavy atom. The van der Waals surface area contributed by atoms with E-state index < -0.39 is 12.1 Å². The SMILES string of the molecule is Cc1sc(NC(=O)C2CC2)c(C(=O)O[C@@H](C)c2nnc(-c3ccccc3)o2)c1C. The third kappa shape index (κ3) is 4.07. The van der Waals surface area contributed by atoms with Gasteiger partial charge in [0.1, 0.15) is 5.00 Å². The molecule has 1 aliphatic rings. The summed E-state index contributed by atoms with van der Waals surface area (Å²) in [5.74, 6) is 0.0618. The highest BCUT2D eigenvalue weighted by Crippen LogP contribution is 2.37. The number of aryl methyl sites for hydroxylation is 1. The second-order valence-corrected chi connectivity index (χ2v) is 8.33. The number of rotatable bonds is 6. The predicted octanol–water partition coefficient (Wildman–Crippen LogP) is 4.68. The maximum atomic E-state index is 12.9. The van der Waals surface area contributed by atoms with Crippen molar-refractivity contribution in [3.8, 4) is 11.5 Å². The van der Waals surface area contributed by atoms with Crippen molar-refractivity contribution < 1.29 is 18.7 Å². The first kappa shape index (κ1) is 19.3. The minimum atomic E-state index is -0.723. The number of carbonyl (C=O) groups is 2. The normalized spacial score (nSPS) is 14.4. The Morgan fingerprint density at radius 1 is 1.21 bits per heavy atom. The second kappa shape index (κ2) is 7.79. The van der Waals surface area contributed by atoms with E-state index in [0.29, 0.717) is 16.5 Å². The van der Waals surface area contributed by atoms with Gasteiger partial charge >= 0.3 is 5.97 Å². The minimum absolute atomic E-state index is 0.0437. The summed E-state index contributed by atoms with van der Waals surface area (Å²) < 4.78 is 11.3. The zero-order valence-electron chi connectivity index (χ0n) is 16.4. The third-order valence-corrected chi connectivity index (χ3v) is 5.99. The first-order chi connectivity index (χ1) is 13.9. The molecule has 2 aromatic heterocycles. The van der Waals surface area contributed by atoms with Crippen molar-refractivity contribution in [2.24, 2.45) is 5.92 Å². The van der Waals surface area contributed by atoms with Crippen LogP contribution in [0, 0.1) is 19.8 Å². The summed E-state index contributed by atoms with van der Waals surface area (Å²) in [5, 5.41) is 11.5. The van der Waals surface area contributed by atoms with E-state index in [1.807, 2.05) is 44.2 Å². The van der Waals surface area contributed by atoms with Gasteiger partial charge in [0.2, 0.25) is 11.8 Å². The Bertz CT molecular complexity index is 1050. The zero-order chi connectivity index (χ0) is 20.5. The maximum absolute atomic E-state index is 12.9. The van der Waals surface area contributed by atoms with Gasteiger partial charge in [0, 0.05) is 16.4 Å². The highest BCUT2D eigenvalue weighted by molar-refractivity contribution is 7.16. The molecule has 0 aliphatic heterocycles. The van der Waals surface area contributed by atoms with Crippen LogP contribution in [-0.2, 0) is 9.53 Å². The number of esters is 1. The molecule has 8 heteroatoms. The predicted molar refractivity (Wildman–Crippen MR) is 109 cm³/mol. The van der Waals surface area contributed by atoms with Gasteiger partial charge in [0.05, 0.1) is 5.56 Å². The largest absolute Gasteiger partial charge is 0.449 e. The van der Waals surface area contributed by atoms with Gasteiger partial charge in [-0.25, -0.2) is 4.79 Å². The van der Waals surface area contributed by atoms with Gasteiger partial charge < -0.3 is 14.5 Å². The van der Waals surface area contributed by atoms with Crippen LogP contribution in [0.2, 0.25) is 0 Å². The van der Waals surface area contributed by atoms with E-state index in [2.05, 4.69) is 15.5 Å². The fourth-order valence-electron chi connectivity index (χ4n) is 2.89. The quantitative estimate of drug-likeness (QED) is 0.592. The molecule has 150 valence electrons. The van der Waals surface area contributed by atoms with Crippen molar-refractivity contribution in [3.05, 3.63) is 52.2 Å². The fraction of sp³-hybridized carbons (Fsp3) is 0.333. The molecule has 29 heavy (non-hydrogen) atoms. The van der Waals surface area contributed by atoms with Crippen LogP contribution in [-0.4, -0.2) is 22.1 Å². The number of ether oxygens (including phenoxy) is 1. The summed E-state index contributed by atoms with van der Waals surface area (Å²) >= 11 is 1.38. The molecule has 2 heterocycles. The van der Waals surface area contributed by atoms with E-state index in [4.69, 9.17) is 9.15 Å². The van der Waals surface area contributed by atoms with E-state index in [9.17, 15) is 9.59 Å². The Hall–Kier alpha value is -3.00. The van der Waals surface area contributed by atoms with Crippen LogP contribution in [0.15, 0.2) is 34.7 Å². The van der Waals surface area contributed by atoms with E-state index in [-0.39, 0.29) is 17.7 Å². The molecule has 1 saturated carbocycles. The van der Waals surface area contributed by atoms with Crippen LogP contribution >= 0.6 is 11.3 Å². The minimum Gasteiger partial charge on any atom is -0.449 e. The zero-order valence-corrected chi connectivity index (χ0v) is 17.2. The molecular weight excluding hydrogens is 390 g/mol. The van der Waals surface area contributed by atoms with Crippen molar-refractivity contribution in [1.29, 1.82) is 0 Å². The Kier molecular flexibility index (Phi) is 5.19. The number of nitrogens with zero attached hydrogens (tertiary/aromatic N) is 2. The van der Waals surface area contributed by atoms with Gasteiger partial charge in [-0.15, -0.1) is 21.5 Å². The second-order valence-electron chi connectivity index (χ2n) is 7.11. The molecule has 1 N–H and O–H groups in total. The summed E-state index contributed by atoms with van der Waals surface area (Å²) in [4.78, 5) is 26.0. The van der Waals surface area contributed by atoms with Gasteiger partial charge in [-0.05, 0) is 51.3 Å². The van der Waals surface area contributed by atoms with Crippen molar-refractivity contribution >= 4 is 28.2 Å². The molecule has 0 bridgehead atoms. The highest BCUT2D eigenvalue weighted by Gasteiger charge is 2.32. The molecule has 0 unspecified atom stereocenters. The summed E-state index contributed by atoms with van der Waals surface area (Å²) in [6, 6.07) is 9.38. The summed E-state index contributed by atoms with van der Waals surface area (Å²) in [6.07, 6.45) is 1.07. The van der Waals surface area contributed by atoms with Gasteiger partial charge in [-0.3, -0.25) is 4.79 Å². The molecule has 1 atom stereocenters. The van der Waals surface area contributed by atoms with Crippen molar-refractivity contribution in [2.45, 2.75) is 39.7 Å². The number of carbonyl (C=O) groups excluding carboxylic acids is 2. The van der Waals surface area contributed by atoms with Crippen LogP contribution < -0.4 is 5.32 Å². The van der Waals surface area contributed by atoms with E-state index in [0.717, 1.165) is 28.8 Å². The third-order valence-electron chi connectivity index (χ3n) is 4.87. The Balaban J connectivity index is 1.50. The number of nitrogens with one attached hydrogen (secondary N) is 1. The maximum Gasteiger partial charge on any atom is 0.342 e. The van der Waals surface area contributed by atoms with Crippen molar-refractivity contribution in [1.82, 2.24) is 10.2 Å². The molecular formula is C21H21N3O4S. The van der Waals surface area contributed by atoms with Crippen LogP contribution in [0.1, 0.15) is 52.6 Å². The molecule has 4 rings (SSSR count). The molecule has 0 spiro atoms. The summed E-state index contributed by atoms with van der Waals surface area (Å²) in [7, 11) is 0. The number of hydrogen-bond acceptors (Lipinski definition) is 7. The van der Waals surface area contributed by atoms with Crippen molar-refractivity contribution in [2.75, 3.05) is 5.32 Å². The van der Waals surface area contributed by atoms with E-state index >= 15 is 0 Å². The number of thiophene rings is 1. The number of amides is 1. The summed E-state index contributed by atoms with van der Waals surface area (Å²) in [5.41, 5.74) is 1.98. The highest BCUT2D eigenvalue weighted by atomic mass is 32.1. The smallest absolute Gasteiger partial charge is 0.342 e. The van der Waals surface area contributed by atoms with Crippen molar-refractivity contribution in [3.63, 3.8) is 0 Å². The van der Waals surface area contributed by atoms with Crippen LogP contribution in [0.3, 0.4) is 0 Å². The molecule has 0 saturated heterocycles. The molecule has 1 fully saturated rings. The van der Waals surface area contributed by atoms with E-state index in [1.165, 1.54) is 11.3 Å². The Morgan fingerprint density at radius 3 is 2.62 bits per heavy atom. The average molecular weight is 411 g/mol. The molecule has 1 amide bonds. The number of benzene rings is 1. The first-order valence-electron chi connectivity index (χ1n) is 9.44. The standard InChI is InChI=1S/C21H21N3O4S/c1-11-13(3)29-20(22-17(25)14-9-10-14)16(11)21(26)27-12(2)18-23-24-19(28-18)15-7-5-4-6-8-15/h4-8,12,14H,9-10H2,1-3H3,(H,22,25)/t12-/m0/s1. The molecule has 1 aromatic carbocycles. The lowest BCUT2D eigenvalue weighted by Gasteiger charge is -2.11. The van der Waals surface area contributed by atoms with Crippen LogP contribution in [0.25, 0.3) is 11.5 Å². The Labute approximate surface area is 172 Å². The van der Waals surface area contributed by atoms with Crippen LogP contribution in [0.4, 0.5) is 5.00 Å². The molecule has 1 aliphatic carbocycles. The van der Waals surface area contributed by atoms with Gasteiger partial charge in [-0.1, -0.05) is 18.2 Å². The monoisotopic (exact) mass is 411 g/mol. The lowest BCUT2D eigenvalue weighted by molar-refractivity contribution is -0.117. The van der Waals surface area contributed by atoms with Gasteiger partial charge in [0.15, 0.2) is 6.10 Å². The first-order valence-corrected chi connectivity index (χ1v) is 10.3. The molecule has 3 aromatic rings. The number of aromatic nitrogens is 2. The summed E-state index contributed by atoms with van der Waals surface area (Å²) in [6.45, 7) is 5.44. The van der Waals surface area contributed by atoms with Gasteiger partial charge in [-0.2, -0.15) is 0 Å².